The maximum Gasteiger partial charge on any atom is 0.274 e. The Kier molecular flexibility index (Phi) is 7.55. The zero-order valence-electron chi connectivity index (χ0n) is 19.6. The Bertz CT molecular complexity index is 1380. The van der Waals surface area contributed by atoms with Crippen molar-refractivity contribution < 1.29 is 33.7 Å². The van der Waals surface area contributed by atoms with E-state index in [0.717, 1.165) is 16.0 Å². The number of carboxylic acids is 1. The van der Waals surface area contributed by atoms with Crippen LogP contribution in [0, 0.1) is 11.5 Å². The fraction of sp³-hybridized carbons (Fsp3) is 0.261. The van der Waals surface area contributed by atoms with Gasteiger partial charge in [-0.15, -0.1) is 23.1 Å². The van der Waals surface area contributed by atoms with E-state index in [-0.39, 0.29) is 18.0 Å². The Morgan fingerprint density at radius 1 is 1.32 bits per heavy atom. The predicted molar refractivity (Wildman–Crippen MR) is 130 cm³/mol. The van der Waals surface area contributed by atoms with Gasteiger partial charge in [0.15, 0.2) is 25.1 Å². The number of fused-ring (bicyclic) bond motifs is 1. The number of pyridine rings is 1. The molecule has 37 heavy (non-hydrogen) atoms. The molecule has 1 fully saturated rings. The number of carbonyl (C=O) groups excluding carboxylic acids is 4. The molecule has 2 aliphatic heterocycles. The second-order valence-electron chi connectivity index (χ2n) is 7.98. The Labute approximate surface area is 219 Å². The van der Waals surface area contributed by atoms with Gasteiger partial charge in [0, 0.05) is 23.5 Å². The van der Waals surface area contributed by atoms with Gasteiger partial charge in [-0.1, -0.05) is 5.16 Å². The van der Waals surface area contributed by atoms with Crippen LogP contribution in [0.2, 0.25) is 0 Å². The number of nitrogens with one attached hydrogen (secondary N) is 2. The van der Waals surface area contributed by atoms with E-state index in [9.17, 15) is 24.3 Å². The van der Waals surface area contributed by atoms with Crippen LogP contribution in [-0.2, 0) is 25.8 Å². The number of carboxylic acid groups (broad SMARTS) is 1. The zero-order chi connectivity index (χ0) is 26.7. The van der Waals surface area contributed by atoms with Crippen molar-refractivity contribution in [1.29, 1.82) is 5.26 Å². The standard InChI is InChI=1S/C23H20N6O6S2/c1-12(27-35-2)19(30)26-17-21(32)29-18(23(33)34)15(10-37-22(17)29)8-28-5-3-13(4-6-28)14-7-16(36-9-14)20(31)25-11-24/h3-7,9,17,22H,8,10H2,1-2H3,(H2-,25,26,30,31,33,34)/b27-12+. The monoisotopic (exact) mass is 540 g/mol. The van der Waals surface area contributed by atoms with Crippen LogP contribution in [0.5, 0.6) is 0 Å². The maximum absolute atomic E-state index is 12.8. The van der Waals surface area contributed by atoms with Gasteiger partial charge >= 0.3 is 0 Å². The van der Waals surface area contributed by atoms with Gasteiger partial charge in [0.05, 0.1) is 16.5 Å². The molecule has 2 aromatic rings. The summed E-state index contributed by atoms with van der Waals surface area (Å²) in [4.78, 5) is 54.9. The zero-order valence-corrected chi connectivity index (χ0v) is 21.2. The molecule has 3 amide bonds. The van der Waals surface area contributed by atoms with Crippen LogP contribution in [0.15, 0.2) is 52.4 Å². The van der Waals surface area contributed by atoms with E-state index < -0.39 is 35.1 Å². The number of nitrogens with zero attached hydrogens (tertiary/aromatic N) is 4. The van der Waals surface area contributed by atoms with Gasteiger partial charge in [0.1, 0.15) is 24.2 Å². The number of carbonyl (C=O) groups is 4. The molecule has 190 valence electrons. The Balaban J connectivity index is 1.48. The predicted octanol–water partition coefficient (Wildman–Crippen LogP) is -0.660. The first-order valence-electron chi connectivity index (χ1n) is 10.8. The van der Waals surface area contributed by atoms with Crippen LogP contribution >= 0.6 is 23.1 Å². The largest absolute Gasteiger partial charge is 0.543 e. The van der Waals surface area contributed by atoms with Crippen molar-refractivity contribution in [3.63, 3.8) is 0 Å². The van der Waals surface area contributed by atoms with Crippen molar-refractivity contribution in [2.75, 3.05) is 12.9 Å². The lowest BCUT2D eigenvalue weighted by molar-refractivity contribution is -0.689. The smallest absolute Gasteiger partial charge is 0.274 e. The Hall–Kier alpha value is -4.22. The van der Waals surface area contributed by atoms with E-state index in [4.69, 9.17) is 5.26 Å². The SMILES string of the molecule is CO/N=C(\C)C(=O)NC1C(=O)N2C(C(=O)[O-])=C(C[n+]3ccc(-c4csc(C(=O)NC#N)c4)cc3)CSC12. The molecule has 12 nitrogen and oxygen atoms in total. The maximum atomic E-state index is 12.8. The molecule has 0 saturated carbocycles. The van der Waals surface area contributed by atoms with E-state index in [1.807, 2.05) is 12.1 Å². The molecule has 0 spiro atoms. The van der Waals surface area contributed by atoms with Crippen LogP contribution in [-0.4, -0.2) is 58.6 Å². The summed E-state index contributed by atoms with van der Waals surface area (Å²) >= 11 is 2.56. The average molecular weight is 541 g/mol. The van der Waals surface area contributed by atoms with Gasteiger partial charge in [0.25, 0.3) is 17.7 Å². The van der Waals surface area contributed by atoms with E-state index in [2.05, 4.69) is 20.6 Å². The minimum atomic E-state index is -1.46. The summed E-state index contributed by atoms with van der Waals surface area (Å²) in [5, 5.41) is 30.0. The summed E-state index contributed by atoms with van der Waals surface area (Å²) in [5.74, 6) is -2.73. The van der Waals surface area contributed by atoms with Crippen molar-refractivity contribution in [2.45, 2.75) is 24.9 Å². The fourth-order valence-corrected chi connectivity index (χ4v) is 6.06. The summed E-state index contributed by atoms with van der Waals surface area (Å²) in [6.07, 6.45) is 5.13. The Morgan fingerprint density at radius 2 is 2.05 bits per heavy atom. The third-order valence-corrected chi connectivity index (χ3v) is 7.94. The van der Waals surface area contributed by atoms with Gasteiger partial charge in [0.2, 0.25) is 0 Å². The molecule has 1 saturated heterocycles. The highest BCUT2D eigenvalue weighted by Gasteiger charge is 2.53. The molecule has 4 heterocycles. The molecule has 2 N–H and O–H groups in total. The molecular weight excluding hydrogens is 520 g/mol. The second kappa shape index (κ2) is 10.8. The third-order valence-electron chi connectivity index (χ3n) is 5.67. The Morgan fingerprint density at radius 3 is 2.70 bits per heavy atom. The van der Waals surface area contributed by atoms with Crippen LogP contribution in [0.3, 0.4) is 0 Å². The number of rotatable bonds is 8. The average Bonchev–Trinajstić information content (AvgIpc) is 3.38. The number of aromatic nitrogens is 1. The minimum absolute atomic E-state index is 0.0369. The van der Waals surface area contributed by atoms with E-state index in [0.29, 0.717) is 16.2 Å². The minimum Gasteiger partial charge on any atom is -0.543 e. The van der Waals surface area contributed by atoms with Gasteiger partial charge < -0.3 is 20.1 Å². The van der Waals surface area contributed by atoms with Crippen molar-refractivity contribution >= 4 is 52.5 Å². The number of aliphatic carboxylic acids is 1. The first-order valence-corrected chi connectivity index (χ1v) is 12.7. The number of thioether (sulfide) groups is 1. The molecule has 14 heteroatoms. The van der Waals surface area contributed by atoms with Gasteiger partial charge in [-0.2, -0.15) is 5.26 Å². The number of hydrogen-bond acceptors (Lipinski definition) is 10. The molecule has 0 bridgehead atoms. The van der Waals surface area contributed by atoms with Crippen molar-refractivity contribution in [3.05, 3.63) is 52.1 Å². The fourth-order valence-electron chi connectivity index (χ4n) is 3.91. The van der Waals surface area contributed by atoms with E-state index >= 15 is 0 Å². The summed E-state index contributed by atoms with van der Waals surface area (Å²) in [6, 6.07) is 4.43. The molecule has 0 radical (unpaired) electrons. The topological polar surface area (TPSA) is 168 Å². The number of oxime groups is 1. The number of thiophene rings is 1. The number of hydrogen-bond donors (Lipinski definition) is 2. The summed E-state index contributed by atoms with van der Waals surface area (Å²) < 4.78 is 1.77. The van der Waals surface area contributed by atoms with Crippen LogP contribution in [0.25, 0.3) is 11.1 Å². The number of nitriles is 1. The normalized spacial score (nSPS) is 18.9. The van der Waals surface area contributed by atoms with E-state index in [1.54, 1.807) is 34.6 Å². The highest BCUT2D eigenvalue weighted by Crippen LogP contribution is 2.40. The molecule has 2 atom stereocenters. The third kappa shape index (κ3) is 5.18. The van der Waals surface area contributed by atoms with Crippen molar-refractivity contribution in [3.8, 4) is 17.3 Å². The highest BCUT2D eigenvalue weighted by atomic mass is 32.2. The first kappa shape index (κ1) is 25.9. The molecule has 4 rings (SSSR count). The van der Waals surface area contributed by atoms with Gasteiger partial charge in [-0.3, -0.25) is 24.6 Å². The summed E-state index contributed by atoms with van der Waals surface area (Å²) in [6.45, 7) is 1.65. The van der Waals surface area contributed by atoms with Crippen molar-refractivity contribution in [2.24, 2.45) is 5.16 Å². The highest BCUT2D eigenvalue weighted by molar-refractivity contribution is 8.00. The van der Waals surface area contributed by atoms with E-state index in [1.165, 1.54) is 37.1 Å². The lowest BCUT2D eigenvalue weighted by Crippen LogP contribution is -2.71. The van der Waals surface area contributed by atoms with Crippen LogP contribution < -0.4 is 20.3 Å². The lowest BCUT2D eigenvalue weighted by Gasteiger charge is -2.50. The summed E-state index contributed by atoms with van der Waals surface area (Å²) in [7, 11) is 1.30. The van der Waals surface area contributed by atoms with Crippen LogP contribution in [0.4, 0.5) is 0 Å². The molecule has 2 aromatic heterocycles. The van der Waals surface area contributed by atoms with Gasteiger partial charge in [-0.25, -0.2) is 4.57 Å². The number of amides is 3. The molecule has 0 aromatic carbocycles. The molecule has 2 aliphatic rings. The lowest BCUT2D eigenvalue weighted by atomic mass is 10.0. The molecule has 2 unspecified atom stereocenters. The molecular formula is C23H20N6O6S2. The summed E-state index contributed by atoms with van der Waals surface area (Å²) in [5.41, 5.74) is 1.98. The van der Waals surface area contributed by atoms with Crippen molar-refractivity contribution in [1.82, 2.24) is 15.5 Å². The van der Waals surface area contributed by atoms with Crippen LogP contribution in [0.1, 0.15) is 16.6 Å². The molecule has 0 aliphatic carbocycles. The first-order chi connectivity index (χ1) is 17.7. The van der Waals surface area contributed by atoms with Gasteiger partial charge in [-0.05, 0) is 29.5 Å². The quantitative estimate of drug-likeness (QED) is 0.111. The second-order valence-corrected chi connectivity index (χ2v) is 10.0. The number of β-lactam (4-membered cyclic amide) rings is 1.